The van der Waals surface area contributed by atoms with E-state index in [0.717, 1.165) is 24.1 Å². The molecule has 1 saturated carbocycles. The highest BCUT2D eigenvalue weighted by molar-refractivity contribution is 7.14. The number of nitrogens with zero attached hydrogens (tertiary/aromatic N) is 2. The molecule has 1 atom stereocenters. The molecule has 2 amide bonds. The predicted molar refractivity (Wildman–Crippen MR) is 85.7 cm³/mol. The van der Waals surface area contributed by atoms with Crippen molar-refractivity contribution < 1.29 is 9.90 Å². The average molecular weight is 318 g/mol. The molecule has 0 aromatic carbocycles. The van der Waals surface area contributed by atoms with Gasteiger partial charge >= 0.3 is 6.03 Å². The second kappa shape index (κ2) is 6.02. The summed E-state index contributed by atoms with van der Waals surface area (Å²) in [7, 11) is 0. The normalized spacial score (nSPS) is 16.8. The van der Waals surface area contributed by atoms with E-state index in [2.05, 4.69) is 20.6 Å². The molecule has 0 radical (unpaired) electrons. The maximum Gasteiger partial charge on any atom is 0.321 e. The van der Waals surface area contributed by atoms with Gasteiger partial charge in [0.15, 0.2) is 5.13 Å². The minimum atomic E-state index is -0.562. The van der Waals surface area contributed by atoms with E-state index in [0.29, 0.717) is 11.0 Å². The van der Waals surface area contributed by atoms with Crippen molar-refractivity contribution in [1.82, 2.24) is 15.3 Å². The number of anilines is 1. The number of aliphatic hydroxyl groups is 1. The van der Waals surface area contributed by atoms with E-state index >= 15 is 0 Å². The first-order valence-electron chi connectivity index (χ1n) is 7.17. The third kappa shape index (κ3) is 3.26. The predicted octanol–water partition coefficient (Wildman–Crippen LogP) is 2.49. The molecule has 0 saturated heterocycles. The number of carbonyl (C=O) groups excluding carboxylic acids is 1. The number of amides is 2. The molecular formula is C15H18N4O2S. The fourth-order valence-electron chi connectivity index (χ4n) is 2.36. The van der Waals surface area contributed by atoms with Crippen molar-refractivity contribution in [3.63, 3.8) is 0 Å². The minimum Gasteiger partial charge on any atom is -0.394 e. The van der Waals surface area contributed by atoms with Gasteiger partial charge in [0.05, 0.1) is 17.8 Å². The summed E-state index contributed by atoms with van der Waals surface area (Å²) in [5, 5.41) is 17.5. The summed E-state index contributed by atoms with van der Waals surface area (Å²) in [5.74, 6) is 0.352. The smallest absolute Gasteiger partial charge is 0.321 e. The quantitative estimate of drug-likeness (QED) is 0.790. The average Bonchev–Trinajstić information content (AvgIpc) is 3.29. The van der Waals surface area contributed by atoms with Crippen LogP contribution >= 0.6 is 11.3 Å². The fourth-order valence-corrected chi connectivity index (χ4v) is 3.07. The molecule has 2 aromatic rings. The van der Waals surface area contributed by atoms with Crippen molar-refractivity contribution in [2.75, 3.05) is 11.9 Å². The zero-order chi connectivity index (χ0) is 15.6. The van der Waals surface area contributed by atoms with Crippen molar-refractivity contribution >= 4 is 22.5 Å². The van der Waals surface area contributed by atoms with E-state index in [1.54, 1.807) is 12.4 Å². The van der Waals surface area contributed by atoms with E-state index in [1.165, 1.54) is 11.3 Å². The van der Waals surface area contributed by atoms with Crippen molar-refractivity contribution in [2.24, 2.45) is 5.92 Å². The molecule has 2 heterocycles. The molecule has 0 spiro atoms. The number of hydrogen-bond acceptors (Lipinski definition) is 5. The summed E-state index contributed by atoms with van der Waals surface area (Å²) < 4.78 is 0. The van der Waals surface area contributed by atoms with Crippen molar-refractivity contribution in [3.05, 3.63) is 29.9 Å². The lowest BCUT2D eigenvalue weighted by Gasteiger charge is -2.28. The molecule has 116 valence electrons. The van der Waals surface area contributed by atoms with Crippen LogP contribution in [0.2, 0.25) is 0 Å². The molecule has 0 bridgehead atoms. The van der Waals surface area contributed by atoms with E-state index in [1.807, 2.05) is 24.4 Å². The van der Waals surface area contributed by atoms with Crippen molar-refractivity contribution in [1.29, 1.82) is 0 Å². The SMILES string of the molecule is CC(CO)(NC(=O)Nc1nc(-c2cccnc2)cs1)C1CC1. The first-order valence-corrected chi connectivity index (χ1v) is 8.04. The highest BCUT2D eigenvalue weighted by Gasteiger charge is 2.42. The van der Waals surface area contributed by atoms with Gasteiger partial charge in [0, 0.05) is 23.3 Å². The van der Waals surface area contributed by atoms with Gasteiger partial charge in [-0.25, -0.2) is 9.78 Å². The number of hydrogen-bond donors (Lipinski definition) is 3. The third-order valence-corrected chi connectivity index (χ3v) is 4.65. The first kappa shape index (κ1) is 14.9. The Morgan fingerprint density at radius 3 is 3.00 bits per heavy atom. The Morgan fingerprint density at radius 2 is 2.36 bits per heavy atom. The molecule has 1 aliphatic rings. The molecule has 2 aromatic heterocycles. The maximum absolute atomic E-state index is 12.1. The molecule has 6 nitrogen and oxygen atoms in total. The van der Waals surface area contributed by atoms with Gasteiger partial charge < -0.3 is 10.4 Å². The van der Waals surface area contributed by atoms with Crippen LogP contribution in [0.5, 0.6) is 0 Å². The third-order valence-electron chi connectivity index (χ3n) is 3.89. The Balaban J connectivity index is 1.64. The zero-order valence-electron chi connectivity index (χ0n) is 12.2. The van der Waals surface area contributed by atoms with Crippen LogP contribution < -0.4 is 10.6 Å². The van der Waals surface area contributed by atoms with Gasteiger partial charge in [0.25, 0.3) is 0 Å². The highest BCUT2D eigenvalue weighted by Crippen LogP contribution is 2.39. The number of urea groups is 1. The lowest BCUT2D eigenvalue weighted by molar-refractivity contribution is 0.159. The van der Waals surface area contributed by atoms with Crippen molar-refractivity contribution in [2.45, 2.75) is 25.3 Å². The summed E-state index contributed by atoms with van der Waals surface area (Å²) in [5.41, 5.74) is 1.12. The van der Waals surface area contributed by atoms with E-state index in [9.17, 15) is 9.90 Å². The van der Waals surface area contributed by atoms with Gasteiger partial charge in [-0.05, 0) is 37.8 Å². The van der Waals surface area contributed by atoms with Gasteiger partial charge in [-0.2, -0.15) is 0 Å². The van der Waals surface area contributed by atoms with Gasteiger partial charge in [0.2, 0.25) is 0 Å². The van der Waals surface area contributed by atoms with E-state index in [-0.39, 0.29) is 12.6 Å². The topological polar surface area (TPSA) is 87.1 Å². The van der Waals surface area contributed by atoms with Gasteiger partial charge in [-0.1, -0.05) is 0 Å². The number of thiazole rings is 1. The lowest BCUT2D eigenvalue weighted by Crippen LogP contribution is -2.52. The summed E-state index contributed by atoms with van der Waals surface area (Å²) in [4.78, 5) is 20.5. The second-order valence-electron chi connectivity index (χ2n) is 5.71. The molecule has 22 heavy (non-hydrogen) atoms. The monoisotopic (exact) mass is 318 g/mol. The van der Waals surface area contributed by atoms with Crippen LogP contribution in [-0.2, 0) is 0 Å². The molecule has 3 rings (SSSR count). The Labute approximate surface area is 132 Å². The van der Waals surface area contributed by atoms with E-state index < -0.39 is 5.54 Å². The highest BCUT2D eigenvalue weighted by atomic mass is 32.1. The molecule has 7 heteroatoms. The molecule has 1 aliphatic carbocycles. The van der Waals surface area contributed by atoms with Gasteiger partial charge in [0.1, 0.15) is 0 Å². The number of rotatable bonds is 5. The van der Waals surface area contributed by atoms with Crippen LogP contribution in [0.4, 0.5) is 9.93 Å². The number of carbonyl (C=O) groups is 1. The summed E-state index contributed by atoms with van der Waals surface area (Å²) in [6.45, 7) is 1.80. The molecule has 1 unspecified atom stereocenters. The number of aromatic nitrogens is 2. The molecule has 3 N–H and O–H groups in total. The molecule has 0 aliphatic heterocycles. The van der Waals surface area contributed by atoms with E-state index in [4.69, 9.17) is 0 Å². The summed E-state index contributed by atoms with van der Waals surface area (Å²) in [6, 6.07) is 3.43. The summed E-state index contributed by atoms with van der Waals surface area (Å²) >= 11 is 1.36. The Kier molecular flexibility index (Phi) is 4.08. The zero-order valence-corrected chi connectivity index (χ0v) is 13.1. The van der Waals surface area contributed by atoms with Crippen LogP contribution in [0.1, 0.15) is 19.8 Å². The number of pyridine rings is 1. The maximum atomic E-state index is 12.1. The molecular weight excluding hydrogens is 300 g/mol. The van der Waals surface area contributed by atoms with Crippen LogP contribution in [0.3, 0.4) is 0 Å². The Hall–Kier alpha value is -1.99. The number of nitrogens with one attached hydrogen (secondary N) is 2. The van der Waals surface area contributed by atoms with Crippen molar-refractivity contribution in [3.8, 4) is 11.3 Å². The Bertz CT molecular complexity index is 657. The van der Waals surface area contributed by atoms with Crippen LogP contribution in [0, 0.1) is 5.92 Å². The molecule has 1 fully saturated rings. The Morgan fingerprint density at radius 1 is 1.55 bits per heavy atom. The fraction of sp³-hybridized carbons (Fsp3) is 0.400. The standard InChI is InChI=1S/C15H18N4O2S/c1-15(9-20,11-4-5-11)19-13(21)18-14-17-12(8-22-14)10-3-2-6-16-7-10/h2-3,6-8,11,20H,4-5,9H2,1H3,(H2,17,18,19,21). The van der Waals surface area contributed by atoms with Gasteiger partial charge in [-0.3, -0.25) is 10.3 Å². The summed E-state index contributed by atoms with van der Waals surface area (Å²) in [6.07, 6.45) is 5.52. The van der Waals surface area contributed by atoms with Crippen LogP contribution in [0.25, 0.3) is 11.3 Å². The second-order valence-corrected chi connectivity index (χ2v) is 6.57. The van der Waals surface area contributed by atoms with Crippen LogP contribution in [0.15, 0.2) is 29.9 Å². The van der Waals surface area contributed by atoms with Crippen LogP contribution in [-0.4, -0.2) is 33.3 Å². The number of aliphatic hydroxyl groups excluding tert-OH is 1. The first-order chi connectivity index (χ1) is 10.6. The minimum absolute atomic E-state index is 0.0656. The largest absolute Gasteiger partial charge is 0.394 e. The van der Waals surface area contributed by atoms with Gasteiger partial charge in [-0.15, -0.1) is 11.3 Å². The lowest BCUT2D eigenvalue weighted by atomic mass is 9.97.